The fraction of sp³-hybridized carbons (Fsp3) is 0.353. The molecule has 23 heavy (non-hydrogen) atoms. The summed E-state index contributed by atoms with van der Waals surface area (Å²) in [5, 5.41) is 9.55. The maximum atomic E-state index is 12.2. The topological polar surface area (TPSA) is 79.9 Å². The second-order valence-electron chi connectivity index (χ2n) is 5.35. The lowest BCUT2D eigenvalue weighted by molar-refractivity contribution is 0.0756. The van der Waals surface area contributed by atoms with E-state index >= 15 is 0 Å². The van der Waals surface area contributed by atoms with Gasteiger partial charge < -0.3 is 10.1 Å². The largest absolute Gasteiger partial charge is 0.379 e. The summed E-state index contributed by atoms with van der Waals surface area (Å²) in [6.07, 6.45) is 9.83. The molecule has 0 unspecified atom stereocenters. The highest BCUT2D eigenvalue weighted by Crippen LogP contribution is 2.10. The van der Waals surface area contributed by atoms with Gasteiger partial charge in [0.1, 0.15) is 5.69 Å². The van der Waals surface area contributed by atoms with Gasteiger partial charge in [0.25, 0.3) is 5.91 Å². The molecular formula is C17H22N4O2. The van der Waals surface area contributed by atoms with E-state index in [1.54, 1.807) is 18.6 Å². The Morgan fingerprint density at radius 1 is 1.39 bits per heavy atom. The van der Waals surface area contributed by atoms with Crippen molar-refractivity contribution in [1.29, 1.82) is 0 Å². The second kappa shape index (κ2) is 8.85. The lowest BCUT2D eigenvalue weighted by atomic mass is 10.2. The highest BCUT2D eigenvalue weighted by Gasteiger charge is 2.11. The van der Waals surface area contributed by atoms with Gasteiger partial charge in [-0.2, -0.15) is 5.10 Å². The summed E-state index contributed by atoms with van der Waals surface area (Å²) in [6, 6.07) is 3.81. The molecule has 6 nitrogen and oxygen atoms in total. The van der Waals surface area contributed by atoms with Gasteiger partial charge in [-0.3, -0.25) is 14.9 Å². The van der Waals surface area contributed by atoms with Gasteiger partial charge in [0.05, 0.1) is 12.3 Å². The zero-order chi connectivity index (χ0) is 16.5. The number of hydrogen-bond acceptors (Lipinski definition) is 4. The van der Waals surface area contributed by atoms with Gasteiger partial charge in [-0.15, -0.1) is 0 Å². The molecule has 0 aliphatic rings. The van der Waals surface area contributed by atoms with Gasteiger partial charge in [-0.05, 0) is 31.9 Å². The number of aromatic nitrogens is 3. The van der Waals surface area contributed by atoms with Crippen LogP contribution >= 0.6 is 0 Å². The molecule has 0 aliphatic carbocycles. The summed E-state index contributed by atoms with van der Waals surface area (Å²) in [4.78, 5) is 16.2. The van der Waals surface area contributed by atoms with Crippen LogP contribution in [0, 0.1) is 0 Å². The SMILES string of the molecule is CC(C)OCCCNC(=O)c1[nH]ncc1C=Cc1cccnc1. The molecule has 0 saturated carbocycles. The van der Waals surface area contributed by atoms with E-state index in [1.165, 1.54) is 0 Å². The molecule has 2 aromatic heterocycles. The molecule has 2 rings (SSSR count). The van der Waals surface area contributed by atoms with E-state index in [0.29, 0.717) is 18.8 Å². The molecule has 0 aliphatic heterocycles. The van der Waals surface area contributed by atoms with Crippen LogP contribution in [0.4, 0.5) is 0 Å². The average molecular weight is 314 g/mol. The van der Waals surface area contributed by atoms with Gasteiger partial charge in [-0.25, -0.2) is 0 Å². The smallest absolute Gasteiger partial charge is 0.269 e. The Kier molecular flexibility index (Phi) is 6.50. The van der Waals surface area contributed by atoms with Gasteiger partial charge in [0.15, 0.2) is 0 Å². The van der Waals surface area contributed by atoms with Crippen molar-refractivity contribution in [2.45, 2.75) is 26.4 Å². The summed E-state index contributed by atoms with van der Waals surface area (Å²) in [6.45, 7) is 5.18. The molecule has 6 heteroatoms. The summed E-state index contributed by atoms with van der Waals surface area (Å²) >= 11 is 0. The van der Waals surface area contributed by atoms with Crippen LogP contribution in [0.3, 0.4) is 0 Å². The molecule has 0 aromatic carbocycles. The van der Waals surface area contributed by atoms with E-state index in [2.05, 4.69) is 20.5 Å². The Balaban J connectivity index is 1.87. The molecule has 2 aromatic rings. The first-order valence-electron chi connectivity index (χ1n) is 7.68. The maximum absolute atomic E-state index is 12.2. The minimum absolute atomic E-state index is 0.169. The normalized spacial score (nSPS) is 11.3. The van der Waals surface area contributed by atoms with Crippen molar-refractivity contribution in [3.63, 3.8) is 0 Å². The van der Waals surface area contributed by atoms with Gasteiger partial charge >= 0.3 is 0 Å². The molecule has 0 atom stereocenters. The van der Waals surface area contributed by atoms with Crippen molar-refractivity contribution in [3.05, 3.63) is 47.5 Å². The number of nitrogens with zero attached hydrogens (tertiary/aromatic N) is 2. The number of amides is 1. The zero-order valence-electron chi connectivity index (χ0n) is 13.5. The molecule has 0 bridgehead atoms. The number of rotatable bonds is 8. The predicted octanol–water partition coefficient (Wildman–Crippen LogP) is 2.52. The molecule has 0 radical (unpaired) electrons. The lowest BCUT2D eigenvalue weighted by Crippen LogP contribution is -2.26. The average Bonchev–Trinajstić information content (AvgIpc) is 3.02. The molecule has 0 saturated heterocycles. The minimum atomic E-state index is -0.169. The van der Waals surface area contributed by atoms with Crippen LogP contribution in [0.5, 0.6) is 0 Å². The number of aromatic amines is 1. The van der Waals surface area contributed by atoms with E-state index in [0.717, 1.165) is 17.5 Å². The minimum Gasteiger partial charge on any atom is -0.379 e. The molecular weight excluding hydrogens is 292 g/mol. The first kappa shape index (κ1) is 16.9. The Morgan fingerprint density at radius 2 is 2.26 bits per heavy atom. The summed E-state index contributed by atoms with van der Waals surface area (Å²) in [5.41, 5.74) is 2.16. The third-order valence-electron chi connectivity index (χ3n) is 3.09. The summed E-state index contributed by atoms with van der Waals surface area (Å²) in [7, 11) is 0. The molecule has 1 amide bonds. The predicted molar refractivity (Wildman–Crippen MR) is 89.8 cm³/mol. The second-order valence-corrected chi connectivity index (χ2v) is 5.35. The number of carbonyl (C=O) groups is 1. The standard InChI is InChI=1S/C17H22N4O2/c1-13(2)23-10-4-9-19-17(22)16-15(12-20-21-16)7-6-14-5-3-8-18-11-14/h3,5-8,11-13H,4,9-10H2,1-2H3,(H,19,22)(H,20,21). The molecule has 2 heterocycles. The van der Waals surface area contributed by atoms with Crippen molar-refractivity contribution in [1.82, 2.24) is 20.5 Å². The Bertz CT molecular complexity index is 635. The Morgan fingerprint density at radius 3 is 3.00 bits per heavy atom. The van der Waals surface area contributed by atoms with E-state index in [1.807, 2.05) is 38.1 Å². The van der Waals surface area contributed by atoms with Crippen molar-refractivity contribution in [3.8, 4) is 0 Å². The molecule has 2 N–H and O–H groups in total. The Hall–Kier alpha value is -2.47. The third kappa shape index (κ3) is 5.67. The van der Waals surface area contributed by atoms with Gasteiger partial charge in [-0.1, -0.05) is 18.2 Å². The van der Waals surface area contributed by atoms with E-state index < -0.39 is 0 Å². The maximum Gasteiger partial charge on any atom is 0.269 e. The molecule has 0 fully saturated rings. The fourth-order valence-electron chi connectivity index (χ4n) is 1.95. The van der Waals surface area contributed by atoms with Gasteiger partial charge in [0, 0.05) is 31.1 Å². The lowest BCUT2D eigenvalue weighted by Gasteiger charge is -2.08. The Labute approximate surface area is 136 Å². The number of nitrogens with one attached hydrogen (secondary N) is 2. The van der Waals surface area contributed by atoms with Crippen LogP contribution in [-0.4, -0.2) is 40.3 Å². The van der Waals surface area contributed by atoms with E-state index in [9.17, 15) is 4.79 Å². The monoisotopic (exact) mass is 314 g/mol. The van der Waals surface area contributed by atoms with Crippen molar-refractivity contribution in [2.75, 3.05) is 13.2 Å². The van der Waals surface area contributed by atoms with E-state index in [-0.39, 0.29) is 12.0 Å². The first-order chi connectivity index (χ1) is 11.2. The van der Waals surface area contributed by atoms with Crippen LogP contribution in [-0.2, 0) is 4.74 Å². The number of carbonyl (C=O) groups excluding carboxylic acids is 1. The van der Waals surface area contributed by atoms with Crippen molar-refractivity contribution >= 4 is 18.1 Å². The molecule has 122 valence electrons. The quantitative estimate of drug-likeness (QED) is 0.734. The third-order valence-corrected chi connectivity index (χ3v) is 3.09. The highest BCUT2D eigenvalue weighted by atomic mass is 16.5. The zero-order valence-corrected chi connectivity index (χ0v) is 13.5. The van der Waals surface area contributed by atoms with Crippen LogP contribution in [0.2, 0.25) is 0 Å². The fourth-order valence-corrected chi connectivity index (χ4v) is 1.95. The number of H-pyrrole nitrogens is 1. The van der Waals surface area contributed by atoms with Crippen LogP contribution in [0.25, 0.3) is 12.2 Å². The molecule has 0 spiro atoms. The summed E-state index contributed by atoms with van der Waals surface area (Å²) < 4.78 is 5.44. The van der Waals surface area contributed by atoms with Crippen molar-refractivity contribution in [2.24, 2.45) is 0 Å². The highest BCUT2D eigenvalue weighted by molar-refractivity contribution is 5.96. The first-order valence-corrected chi connectivity index (χ1v) is 7.68. The van der Waals surface area contributed by atoms with Crippen LogP contribution < -0.4 is 5.32 Å². The van der Waals surface area contributed by atoms with Crippen LogP contribution in [0.1, 0.15) is 41.9 Å². The number of pyridine rings is 1. The van der Waals surface area contributed by atoms with Crippen LogP contribution in [0.15, 0.2) is 30.7 Å². The summed E-state index contributed by atoms with van der Waals surface area (Å²) in [5.74, 6) is -0.169. The van der Waals surface area contributed by atoms with Crippen molar-refractivity contribution < 1.29 is 9.53 Å². The van der Waals surface area contributed by atoms with E-state index in [4.69, 9.17) is 4.74 Å². The number of hydrogen-bond donors (Lipinski definition) is 2. The number of ether oxygens (including phenoxy) is 1. The van der Waals surface area contributed by atoms with Gasteiger partial charge in [0.2, 0.25) is 0 Å².